The van der Waals surface area contributed by atoms with Gasteiger partial charge >= 0.3 is 0 Å². The molecule has 2 bridgehead atoms. The van der Waals surface area contributed by atoms with E-state index in [0.717, 1.165) is 6.42 Å². The highest BCUT2D eigenvalue weighted by Gasteiger charge is 2.75. The maximum atomic E-state index is 14.5. The number of likely N-dealkylation sites (tertiary alicyclic amines) is 1. The molecule has 0 aromatic rings. The second-order valence-corrected chi connectivity index (χ2v) is 12.5. The molecule has 3 amide bonds. The maximum absolute atomic E-state index is 14.5. The van der Waals surface area contributed by atoms with E-state index < -0.39 is 29.0 Å². The van der Waals surface area contributed by atoms with Crippen molar-refractivity contribution in [2.75, 3.05) is 33.3 Å². The first-order chi connectivity index (χ1) is 16.8. The third-order valence-electron chi connectivity index (χ3n) is 7.93. The van der Waals surface area contributed by atoms with Gasteiger partial charge in [0, 0.05) is 38.8 Å². The molecule has 1 spiro atoms. The van der Waals surface area contributed by atoms with E-state index >= 15 is 0 Å². The van der Waals surface area contributed by atoms with Crippen LogP contribution in [0.1, 0.15) is 60.3 Å². The van der Waals surface area contributed by atoms with E-state index in [1.54, 1.807) is 29.0 Å². The largest absolute Gasteiger partial charge is 0.396 e. The number of amides is 3. The number of ether oxygens (including phenoxy) is 1. The molecule has 3 saturated heterocycles. The number of aliphatic hydroxyl groups excluding tert-OH is 1. The molecule has 8 nitrogen and oxygen atoms in total. The van der Waals surface area contributed by atoms with Crippen molar-refractivity contribution in [3.8, 4) is 0 Å². The van der Waals surface area contributed by atoms with Gasteiger partial charge in [0.25, 0.3) is 0 Å². The van der Waals surface area contributed by atoms with Crippen molar-refractivity contribution < 1.29 is 24.2 Å². The number of fused-ring (bicyclic) bond motifs is 1. The van der Waals surface area contributed by atoms with Crippen molar-refractivity contribution in [2.45, 2.75) is 83.6 Å². The lowest BCUT2D eigenvalue weighted by Crippen LogP contribution is -2.61. The van der Waals surface area contributed by atoms with Gasteiger partial charge in [0.15, 0.2) is 0 Å². The summed E-state index contributed by atoms with van der Waals surface area (Å²) in [5.74, 6) is -1.88. The summed E-state index contributed by atoms with van der Waals surface area (Å²) in [7, 11) is 1.70. The summed E-state index contributed by atoms with van der Waals surface area (Å²) in [6, 6.07) is -0.840. The van der Waals surface area contributed by atoms with Crippen LogP contribution in [0.2, 0.25) is 0 Å². The number of hydrogen-bond acceptors (Lipinski definition) is 5. The zero-order valence-corrected chi connectivity index (χ0v) is 23.0. The second kappa shape index (κ2) is 10.3. The van der Waals surface area contributed by atoms with Gasteiger partial charge in [-0.05, 0) is 44.9 Å². The van der Waals surface area contributed by atoms with Gasteiger partial charge in [0.1, 0.15) is 11.6 Å². The summed E-state index contributed by atoms with van der Waals surface area (Å²) in [6.45, 7) is 19.0. The quantitative estimate of drug-likeness (QED) is 0.438. The van der Waals surface area contributed by atoms with Crippen molar-refractivity contribution in [1.29, 1.82) is 0 Å². The van der Waals surface area contributed by atoms with Crippen LogP contribution < -0.4 is 0 Å². The molecule has 2 unspecified atom stereocenters. The minimum Gasteiger partial charge on any atom is -0.396 e. The first-order valence-corrected chi connectivity index (χ1v) is 13.1. The molecule has 3 fully saturated rings. The zero-order valence-electron chi connectivity index (χ0n) is 23.0. The Bertz CT molecular complexity index is 894. The van der Waals surface area contributed by atoms with Crippen LogP contribution in [-0.2, 0) is 19.1 Å². The Morgan fingerprint density at radius 1 is 1.17 bits per heavy atom. The molecule has 3 heterocycles. The third kappa shape index (κ3) is 4.86. The van der Waals surface area contributed by atoms with E-state index in [2.05, 4.69) is 33.9 Å². The van der Waals surface area contributed by atoms with Gasteiger partial charge in [-0.2, -0.15) is 0 Å². The van der Waals surface area contributed by atoms with Crippen LogP contribution in [-0.4, -0.2) is 94.1 Å². The van der Waals surface area contributed by atoms with Gasteiger partial charge in [0.05, 0.1) is 17.9 Å². The minimum atomic E-state index is -1.04. The number of carbonyl (C=O) groups is 3. The van der Waals surface area contributed by atoms with Crippen molar-refractivity contribution in [2.24, 2.45) is 17.3 Å². The van der Waals surface area contributed by atoms with Crippen molar-refractivity contribution in [3.63, 3.8) is 0 Å². The van der Waals surface area contributed by atoms with E-state index in [1.807, 2.05) is 18.7 Å². The molecule has 3 rings (SSSR count). The molecule has 0 aromatic heterocycles. The van der Waals surface area contributed by atoms with Crippen LogP contribution in [0.25, 0.3) is 0 Å². The molecule has 1 N–H and O–H groups in total. The highest BCUT2D eigenvalue weighted by Crippen LogP contribution is 2.59. The Kier molecular flexibility index (Phi) is 8.11. The van der Waals surface area contributed by atoms with E-state index in [-0.39, 0.29) is 42.4 Å². The van der Waals surface area contributed by atoms with Gasteiger partial charge in [-0.15, -0.1) is 13.2 Å². The van der Waals surface area contributed by atoms with Crippen LogP contribution in [0.3, 0.4) is 0 Å². The summed E-state index contributed by atoms with van der Waals surface area (Å²) in [5, 5.41) is 9.54. The number of carbonyl (C=O) groups excluding carboxylic acids is 3. The third-order valence-corrected chi connectivity index (χ3v) is 7.93. The number of hydrogen-bond donors (Lipinski definition) is 1. The van der Waals surface area contributed by atoms with E-state index in [4.69, 9.17) is 4.74 Å². The Morgan fingerprint density at radius 3 is 2.36 bits per heavy atom. The smallest absolute Gasteiger partial charge is 0.249 e. The lowest BCUT2D eigenvalue weighted by Gasteiger charge is -2.45. The lowest BCUT2D eigenvalue weighted by molar-refractivity contribution is -0.153. The van der Waals surface area contributed by atoms with Gasteiger partial charge in [-0.25, -0.2) is 0 Å². The fourth-order valence-electron chi connectivity index (χ4n) is 7.04. The molecule has 8 heteroatoms. The number of aliphatic hydroxyl groups is 1. The van der Waals surface area contributed by atoms with E-state index in [0.29, 0.717) is 32.4 Å². The SMILES string of the molecule is C=CCN(C)C(=O)[C@@H]1[C@H]2C(=O)N(CCCO)C(C(=O)N(CC=C)C(C)(C)CC(C)(C)C)C23CC[C@H]1O3. The lowest BCUT2D eigenvalue weighted by atomic mass is 9.70. The van der Waals surface area contributed by atoms with Crippen molar-refractivity contribution >= 4 is 17.7 Å². The molecular weight excluding hydrogens is 458 g/mol. The Balaban J connectivity index is 2.05. The molecule has 5 atom stereocenters. The Morgan fingerprint density at radius 2 is 1.81 bits per heavy atom. The molecule has 3 aliphatic heterocycles. The number of likely N-dealkylation sites (N-methyl/N-ethyl adjacent to an activating group) is 1. The predicted molar refractivity (Wildman–Crippen MR) is 139 cm³/mol. The highest BCUT2D eigenvalue weighted by atomic mass is 16.5. The van der Waals surface area contributed by atoms with Crippen molar-refractivity contribution in [1.82, 2.24) is 14.7 Å². The van der Waals surface area contributed by atoms with E-state index in [1.165, 1.54) is 0 Å². The molecule has 0 aromatic carbocycles. The fourth-order valence-corrected chi connectivity index (χ4v) is 7.04. The Labute approximate surface area is 216 Å². The summed E-state index contributed by atoms with van der Waals surface area (Å²) >= 11 is 0. The van der Waals surface area contributed by atoms with Gasteiger partial charge in [0.2, 0.25) is 17.7 Å². The van der Waals surface area contributed by atoms with Crippen LogP contribution in [0.4, 0.5) is 0 Å². The number of rotatable bonds is 11. The summed E-state index contributed by atoms with van der Waals surface area (Å²) in [4.78, 5) is 46.8. The van der Waals surface area contributed by atoms with Crippen molar-refractivity contribution in [3.05, 3.63) is 25.3 Å². The molecular formula is C28H45N3O5. The van der Waals surface area contributed by atoms with Gasteiger partial charge < -0.3 is 24.5 Å². The first kappa shape index (κ1) is 28.4. The van der Waals surface area contributed by atoms with Crippen LogP contribution in [0.15, 0.2) is 25.3 Å². The summed E-state index contributed by atoms with van der Waals surface area (Å²) < 4.78 is 6.53. The minimum absolute atomic E-state index is 0.0261. The van der Waals surface area contributed by atoms with Gasteiger partial charge in [-0.1, -0.05) is 32.9 Å². The highest BCUT2D eigenvalue weighted by molar-refractivity contribution is 5.99. The predicted octanol–water partition coefficient (Wildman–Crippen LogP) is 2.62. The summed E-state index contributed by atoms with van der Waals surface area (Å²) in [5.41, 5.74) is -1.57. The molecule has 0 radical (unpaired) electrons. The molecule has 0 aliphatic carbocycles. The molecule has 0 saturated carbocycles. The maximum Gasteiger partial charge on any atom is 0.249 e. The average molecular weight is 504 g/mol. The van der Waals surface area contributed by atoms with Crippen LogP contribution >= 0.6 is 0 Å². The molecule has 36 heavy (non-hydrogen) atoms. The Hall–Kier alpha value is -2.19. The van der Waals surface area contributed by atoms with Gasteiger partial charge in [-0.3, -0.25) is 14.4 Å². The summed E-state index contributed by atoms with van der Waals surface area (Å²) in [6.07, 6.45) is 5.28. The topological polar surface area (TPSA) is 90.4 Å². The van der Waals surface area contributed by atoms with E-state index in [9.17, 15) is 19.5 Å². The van der Waals surface area contributed by atoms with Crippen LogP contribution in [0.5, 0.6) is 0 Å². The molecule has 3 aliphatic rings. The second-order valence-electron chi connectivity index (χ2n) is 12.5. The zero-order chi connectivity index (χ0) is 27.1. The number of nitrogens with zero attached hydrogens (tertiary/aromatic N) is 3. The first-order valence-electron chi connectivity index (χ1n) is 13.1. The standard InChI is InChI=1S/C28H45N3O5/c1-9-14-29(8)23(33)20-19-12-13-28(36-19)21(20)24(34)30(16-11-17-32)22(28)25(35)31(15-10-2)27(6,7)18-26(3,4)5/h9-10,19-22,32H,1-2,11-18H2,3-8H3/t19-,20+,21+,22?,28?/m1/s1. The average Bonchev–Trinajstić information content (AvgIpc) is 3.41. The normalized spacial score (nSPS) is 29.3. The monoisotopic (exact) mass is 503 g/mol. The fraction of sp³-hybridized carbons (Fsp3) is 0.750. The molecule has 202 valence electrons. The van der Waals surface area contributed by atoms with Crippen LogP contribution in [0, 0.1) is 17.3 Å².